The second-order valence-electron chi connectivity index (χ2n) is 3.42. The molecule has 0 bridgehead atoms. The first-order valence-electron chi connectivity index (χ1n) is 4.75. The molecule has 18 heavy (non-hydrogen) atoms. The Bertz CT molecular complexity index is 539. The van der Waals surface area contributed by atoms with Crippen LogP contribution in [0.1, 0.15) is 5.89 Å². The topological polar surface area (TPSA) is 79.4 Å². The quantitative estimate of drug-likeness (QED) is 0.764. The molecule has 0 amide bonds. The Hall–Kier alpha value is -1.87. The highest BCUT2D eigenvalue weighted by atomic mass is 19.4. The molecule has 0 unspecified atom stereocenters. The van der Waals surface area contributed by atoms with E-state index in [4.69, 9.17) is 10.0 Å². The lowest BCUT2D eigenvalue weighted by atomic mass is 9.80. The zero-order valence-electron chi connectivity index (χ0n) is 8.72. The Morgan fingerprint density at radius 3 is 2.17 bits per heavy atom. The molecular weight excluding hydrogens is 252 g/mol. The molecule has 2 rings (SSSR count). The average Bonchev–Trinajstić information content (AvgIpc) is 2.78. The maximum absolute atomic E-state index is 12.2. The van der Waals surface area contributed by atoms with Crippen LogP contribution in [-0.2, 0) is 6.18 Å². The lowest BCUT2D eigenvalue weighted by molar-refractivity contribution is -0.159. The van der Waals surface area contributed by atoms with Crippen LogP contribution in [0.5, 0.6) is 0 Å². The van der Waals surface area contributed by atoms with E-state index < -0.39 is 19.2 Å². The molecule has 9 heteroatoms. The van der Waals surface area contributed by atoms with E-state index in [0.717, 1.165) is 0 Å². The van der Waals surface area contributed by atoms with Gasteiger partial charge in [0.05, 0.1) is 0 Å². The molecule has 2 N–H and O–H groups in total. The monoisotopic (exact) mass is 258 g/mol. The molecule has 1 aromatic carbocycles. The van der Waals surface area contributed by atoms with Crippen molar-refractivity contribution < 1.29 is 27.7 Å². The van der Waals surface area contributed by atoms with Crippen LogP contribution in [0, 0.1) is 0 Å². The molecule has 1 aromatic heterocycles. The summed E-state index contributed by atoms with van der Waals surface area (Å²) in [4.78, 5) is 3.20. The van der Waals surface area contributed by atoms with Gasteiger partial charge >= 0.3 is 19.2 Å². The van der Waals surface area contributed by atoms with Gasteiger partial charge in [-0.3, -0.25) is 0 Å². The summed E-state index contributed by atoms with van der Waals surface area (Å²) in [6.45, 7) is 0. The van der Waals surface area contributed by atoms with Crippen LogP contribution < -0.4 is 5.46 Å². The number of hydrogen-bond donors (Lipinski definition) is 2. The molecule has 0 spiro atoms. The SMILES string of the molecule is OB(O)c1ccc(-c2noc(C(F)(F)F)n2)cc1. The molecule has 0 aliphatic carbocycles. The van der Waals surface area contributed by atoms with Crippen molar-refractivity contribution >= 4 is 12.6 Å². The lowest BCUT2D eigenvalue weighted by Gasteiger charge is -1.99. The van der Waals surface area contributed by atoms with Crippen LogP contribution >= 0.6 is 0 Å². The van der Waals surface area contributed by atoms with Gasteiger partial charge in [-0.2, -0.15) is 18.2 Å². The fourth-order valence-corrected chi connectivity index (χ4v) is 1.26. The van der Waals surface area contributed by atoms with Gasteiger partial charge in [0.25, 0.3) is 0 Å². The van der Waals surface area contributed by atoms with Gasteiger partial charge in [0.1, 0.15) is 0 Å². The highest BCUT2D eigenvalue weighted by Gasteiger charge is 2.38. The van der Waals surface area contributed by atoms with Gasteiger partial charge in [-0.1, -0.05) is 29.4 Å². The second kappa shape index (κ2) is 4.43. The number of rotatable bonds is 2. The number of halogens is 3. The molecule has 1 heterocycles. The lowest BCUT2D eigenvalue weighted by Crippen LogP contribution is -2.29. The molecule has 0 radical (unpaired) electrons. The zero-order chi connectivity index (χ0) is 13.3. The zero-order valence-corrected chi connectivity index (χ0v) is 8.72. The Kier molecular flexibility index (Phi) is 3.10. The van der Waals surface area contributed by atoms with Gasteiger partial charge in [-0.05, 0) is 5.46 Å². The van der Waals surface area contributed by atoms with Crippen LogP contribution in [-0.4, -0.2) is 27.3 Å². The van der Waals surface area contributed by atoms with E-state index in [1.54, 1.807) is 0 Å². The number of alkyl halides is 3. The van der Waals surface area contributed by atoms with E-state index in [9.17, 15) is 13.2 Å². The fraction of sp³-hybridized carbons (Fsp3) is 0.111. The van der Waals surface area contributed by atoms with Crippen molar-refractivity contribution in [3.05, 3.63) is 30.2 Å². The molecule has 0 aliphatic heterocycles. The van der Waals surface area contributed by atoms with E-state index in [1.807, 2.05) is 0 Å². The number of hydrogen-bond acceptors (Lipinski definition) is 5. The molecule has 0 saturated heterocycles. The maximum atomic E-state index is 12.2. The summed E-state index contributed by atoms with van der Waals surface area (Å²) in [5.74, 6) is -1.65. The summed E-state index contributed by atoms with van der Waals surface area (Å²) in [5, 5.41) is 20.9. The van der Waals surface area contributed by atoms with Gasteiger partial charge < -0.3 is 14.6 Å². The van der Waals surface area contributed by atoms with Crippen LogP contribution in [0.2, 0.25) is 0 Å². The number of nitrogens with zero attached hydrogens (tertiary/aromatic N) is 2. The molecule has 0 atom stereocenters. The van der Waals surface area contributed by atoms with Crippen molar-refractivity contribution in [3.8, 4) is 11.4 Å². The minimum absolute atomic E-state index is 0.207. The van der Waals surface area contributed by atoms with Crippen LogP contribution in [0.15, 0.2) is 28.8 Å². The highest BCUT2D eigenvalue weighted by Crippen LogP contribution is 2.29. The summed E-state index contributed by atoms with van der Waals surface area (Å²) >= 11 is 0. The Morgan fingerprint density at radius 1 is 1.11 bits per heavy atom. The smallest absolute Gasteiger partial charge is 0.423 e. The van der Waals surface area contributed by atoms with Crippen LogP contribution in [0.25, 0.3) is 11.4 Å². The average molecular weight is 258 g/mol. The summed E-state index contributed by atoms with van der Waals surface area (Å²) in [6.07, 6.45) is -4.69. The van der Waals surface area contributed by atoms with Gasteiger partial charge in [-0.15, -0.1) is 0 Å². The minimum atomic E-state index is -4.69. The molecule has 5 nitrogen and oxygen atoms in total. The van der Waals surface area contributed by atoms with E-state index >= 15 is 0 Å². The van der Waals surface area contributed by atoms with Gasteiger partial charge in [0.15, 0.2) is 0 Å². The van der Waals surface area contributed by atoms with Gasteiger partial charge in [0, 0.05) is 5.56 Å². The first kappa shape index (κ1) is 12.6. The summed E-state index contributed by atoms with van der Waals surface area (Å²) in [6, 6.07) is 5.40. The van der Waals surface area contributed by atoms with E-state index in [-0.39, 0.29) is 16.9 Å². The van der Waals surface area contributed by atoms with Crippen LogP contribution in [0.3, 0.4) is 0 Å². The third-order valence-corrected chi connectivity index (χ3v) is 2.14. The summed E-state index contributed by atoms with van der Waals surface area (Å²) in [7, 11) is -1.64. The van der Waals surface area contributed by atoms with Crippen molar-refractivity contribution in [2.45, 2.75) is 6.18 Å². The van der Waals surface area contributed by atoms with Crippen molar-refractivity contribution in [3.63, 3.8) is 0 Å². The molecule has 0 saturated carbocycles. The minimum Gasteiger partial charge on any atom is -0.423 e. The molecule has 0 fully saturated rings. The fourth-order valence-electron chi connectivity index (χ4n) is 1.26. The molecule has 0 aliphatic rings. The van der Waals surface area contributed by atoms with Crippen molar-refractivity contribution in [1.29, 1.82) is 0 Å². The first-order chi connectivity index (χ1) is 8.38. The Labute approximate surface area is 99.0 Å². The van der Waals surface area contributed by atoms with E-state index in [2.05, 4.69) is 14.7 Å². The number of benzene rings is 1. The maximum Gasteiger partial charge on any atom is 0.488 e. The van der Waals surface area contributed by atoms with Gasteiger partial charge in [-0.25, -0.2) is 0 Å². The normalized spacial score (nSPS) is 11.6. The summed E-state index contributed by atoms with van der Waals surface area (Å²) in [5.41, 5.74) is 0.483. The van der Waals surface area contributed by atoms with Crippen molar-refractivity contribution in [2.75, 3.05) is 0 Å². The molecular formula is C9H6BF3N2O3. The third-order valence-electron chi connectivity index (χ3n) is 2.14. The predicted molar refractivity (Wildman–Crippen MR) is 54.6 cm³/mol. The van der Waals surface area contributed by atoms with Crippen molar-refractivity contribution in [1.82, 2.24) is 10.1 Å². The predicted octanol–water partition coefficient (Wildman–Crippen LogP) is 0.435. The number of aromatic nitrogens is 2. The first-order valence-corrected chi connectivity index (χ1v) is 4.75. The van der Waals surface area contributed by atoms with E-state index in [1.165, 1.54) is 24.3 Å². The summed E-state index contributed by atoms with van der Waals surface area (Å²) < 4.78 is 40.7. The largest absolute Gasteiger partial charge is 0.488 e. The Balaban J connectivity index is 2.29. The highest BCUT2D eigenvalue weighted by molar-refractivity contribution is 6.58. The third kappa shape index (κ3) is 2.52. The van der Waals surface area contributed by atoms with Gasteiger partial charge in [0.2, 0.25) is 5.82 Å². The molecule has 2 aromatic rings. The standard InChI is InChI=1S/C9H6BF3N2O3/c11-9(12,13)8-14-7(15-18-8)5-1-3-6(4-2-5)10(16)17/h1-4,16-17H. The Morgan fingerprint density at radius 2 is 1.72 bits per heavy atom. The molecule has 94 valence electrons. The van der Waals surface area contributed by atoms with Crippen LogP contribution in [0.4, 0.5) is 13.2 Å². The second-order valence-corrected chi connectivity index (χ2v) is 3.42. The van der Waals surface area contributed by atoms with E-state index in [0.29, 0.717) is 0 Å². The van der Waals surface area contributed by atoms with Crippen molar-refractivity contribution in [2.24, 2.45) is 0 Å².